The predicted octanol–water partition coefficient (Wildman–Crippen LogP) is 3.85. The van der Waals surface area contributed by atoms with Crippen LogP contribution in [0.4, 0.5) is 0 Å². The van der Waals surface area contributed by atoms with E-state index < -0.39 is 0 Å². The van der Waals surface area contributed by atoms with Gasteiger partial charge in [-0.25, -0.2) is 0 Å². The standard InChI is InChI=1S/C13H15NOS/c1-10(2)11-3-5-12(6-4-11)15-8-13-7-14-9-16-13/h3-7,9-10H,8H2,1-2H3. The van der Waals surface area contributed by atoms with Crippen molar-refractivity contribution in [1.82, 2.24) is 4.98 Å². The molecule has 0 amide bonds. The molecule has 0 bridgehead atoms. The Hall–Kier alpha value is -1.35. The number of nitrogens with zero attached hydrogens (tertiary/aromatic N) is 1. The summed E-state index contributed by atoms with van der Waals surface area (Å²) in [5, 5.41) is 0. The minimum Gasteiger partial charge on any atom is -0.488 e. The molecule has 16 heavy (non-hydrogen) atoms. The van der Waals surface area contributed by atoms with E-state index in [2.05, 4.69) is 31.0 Å². The molecule has 0 saturated carbocycles. The molecule has 2 aromatic rings. The van der Waals surface area contributed by atoms with E-state index in [0.717, 1.165) is 10.6 Å². The van der Waals surface area contributed by atoms with Gasteiger partial charge in [-0.2, -0.15) is 0 Å². The Balaban J connectivity index is 1.95. The molecule has 2 rings (SSSR count). The minimum atomic E-state index is 0.565. The number of aromatic nitrogens is 1. The van der Waals surface area contributed by atoms with E-state index in [0.29, 0.717) is 12.5 Å². The number of hydrogen-bond acceptors (Lipinski definition) is 3. The zero-order chi connectivity index (χ0) is 11.4. The molecule has 0 aliphatic carbocycles. The lowest BCUT2D eigenvalue weighted by molar-refractivity contribution is 0.309. The van der Waals surface area contributed by atoms with Gasteiger partial charge in [0.15, 0.2) is 0 Å². The molecule has 0 atom stereocenters. The van der Waals surface area contributed by atoms with Crippen molar-refractivity contribution in [3.05, 3.63) is 46.4 Å². The second-order valence-corrected chi connectivity index (χ2v) is 4.95. The summed E-state index contributed by atoms with van der Waals surface area (Å²) in [4.78, 5) is 5.16. The molecule has 0 saturated heterocycles. The largest absolute Gasteiger partial charge is 0.488 e. The highest BCUT2D eigenvalue weighted by Crippen LogP contribution is 2.19. The van der Waals surface area contributed by atoms with E-state index in [1.165, 1.54) is 5.56 Å². The van der Waals surface area contributed by atoms with Gasteiger partial charge in [0, 0.05) is 6.20 Å². The number of thiazole rings is 1. The summed E-state index contributed by atoms with van der Waals surface area (Å²) < 4.78 is 5.66. The average Bonchev–Trinajstić information content (AvgIpc) is 2.80. The lowest BCUT2D eigenvalue weighted by Gasteiger charge is -2.07. The van der Waals surface area contributed by atoms with Crippen LogP contribution in [0.25, 0.3) is 0 Å². The number of ether oxygens (including phenoxy) is 1. The third-order valence-corrected chi connectivity index (χ3v) is 3.16. The van der Waals surface area contributed by atoms with Crippen molar-refractivity contribution in [2.45, 2.75) is 26.4 Å². The number of benzene rings is 1. The third-order valence-electron chi connectivity index (χ3n) is 2.41. The number of rotatable bonds is 4. The highest BCUT2D eigenvalue weighted by molar-refractivity contribution is 7.09. The molecule has 0 fully saturated rings. The van der Waals surface area contributed by atoms with Gasteiger partial charge in [0.1, 0.15) is 12.4 Å². The summed E-state index contributed by atoms with van der Waals surface area (Å²) in [6.07, 6.45) is 1.84. The van der Waals surface area contributed by atoms with Crippen LogP contribution >= 0.6 is 11.3 Å². The summed E-state index contributed by atoms with van der Waals surface area (Å²) >= 11 is 1.61. The zero-order valence-corrected chi connectivity index (χ0v) is 10.3. The molecule has 2 nitrogen and oxygen atoms in total. The average molecular weight is 233 g/mol. The van der Waals surface area contributed by atoms with Gasteiger partial charge in [0.25, 0.3) is 0 Å². The van der Waals surface area contributed by atoms with Crippen LogP contribution in [0.2, 0.25) is 0 Å². The first-order valence-corrected chi connectivity index (χ1v) is 6.24. The van der Waals surface area contributed by atoms with Crippen LogP contribution in [-0.2, 0) is 6.61 Å². The zero-order valence-electron chi connectivity index (χ0n) is 9.51. The van der Waals surface area contributed by atoms with Crippen molar-refractivity contribution in [1.29, 1.82) is 0 Å². The van der Waals surface area contributed by atoms with E-state index in [1.807, 2.05) is 23.8 Å². The third kappa shape index (κ3) is 2.83. The van der Waals surface area contributed by atoms with E-state index in [-0.39, 0.29) is 0 Å². The monoisotopic (exact) mass is 233 g/mol. The molecular weight excluding hydrogens is 218 g/mol. The first-order valence-electron chi connectivity index (χ1n) is 5.36. The molecule has 0 N–H and O–H groups in total. The topological polar surface area (TPSA) is 22.1 Å². The summed E-state index contributed by atoms with van der Waals surface area (Å²) in [6.45, 7) is 4.98. The van der Waals surface area contributed by atoms with Gasteiger partial charge >= 0.3 is 0 Å². The maximum absolute atomic E-state index is 5.66. The Labute approximate surface area is 99.9 Å². The van der Waals surface area contributed by atoms with Crippen LogP contribution in [0.15, 0.2) is 36.0 Å². The smallest absolute Gasteiger partial charge is 0.124 e. The molecule has 0 spiro atoms. The van der Waals surface area contributed by atoms with Gasteiger partial charge in [0.2, 0.25) is 0 Å². The lowest BCUT2D eigenvalue weighted by Crippen LogP contribution is -1.93. The van der Waals surface area contributed by atoms with E-state index in [1.54, 1.807) is 11.3 Å². The van der Waals surface area contributed by atoms with Crippen molar-refractivity contribution in [2.75, 3.05) is 0 Å². The van der Waals surface area contributed by atoms with Gasteiger partial charge in [0.05, 0.1) is 10.4 Å². The van der Waals surface area contributed by atoms with Crippen LogP contribution in [0.1, 0.15) is 30.2 Å². The van der Waals surface area contributed by atoms with Crippen molar-refractivity contribution >= 4 is 11.3 Å². The summed E-state index contributed by atoms with van der Waals surface area (Å²) in [7, 11) is 0. The Morgan fingerprint density at radius 2 is 2.00 bits per heavy atom. The number of hydrogen-bond donors (Lipinski definition) is 0. The SMILES string of the molecule is CC(C)c1ccc(OCc2cncs2)cc1. The molecule has 1 aromatic carbocycles. The molecular formula is C13H15NOS. The maximum atomic E-state index is 5.66. The van der Waals surface area contributed by atoms with Crippen LogP contribution in [0.3, 0.4) is 0 Å². The Morgan fingerprint density at radius 1 is 1.25 bits per heavy atom. The first kappa shape index (κ1) is 11.1. The first-order chi connectivity index (χ1) is 7.75. The van der Waals surface area contributed by atoms with Crippen LogP contribution in [0.5, 0.6) is 5.75 Å². The minimum absolute atomic E-state index is 0.565. The highest BCUT2D eigenvalue weighted by atomic mass is 32.1. The summed E-state index contributed by atoms with van der Waals surface area (Å²) in [6, 6.07) is 8.28. The Kier molecular flexibility index (Phi) is 3.57. The van der Waals surface area contributed by atoms with Gasteiger partial charge in [-0.1, -0.05) is 26.0 Å². The van der Waals surface area contributed by atoms with E-state index in [4.69, 9.17) is 4.74 Å². The summed E-state index contributed by atoms with van der Waals surface area (Å²) in [5.74, 6) is 1.48. The molecule has 1 aromatic heterocycles. The van der Waals surface area contributed by atoms with Crippen molar-refractivity contribution in [3.8, 4) is 5.75 Å². The summed E-state index contributed by atoms with van der Waals surface area (Å²) in [5.41, 5.74) is 3.16. The van der Waals surface area contributed by atoms with Crippen LogP contribution in [-0.4, -0.2) is 4.98 Å². The lowest BCUT2D eigenvalue weighted by atomic mass is 10.0. The van der Waals surface area contributed by atoms with Gasteiger partial charge in [-0.15, -0.1) is 11.3 Å². The van der Waals surface area contributed by atoms with Gasteiger partial charge in [-0.05, 0) is 23.6 Å². The maximum Gasteiger partial charge on any atom is 0.124 e. The fourth-order valence-electron chi connectivity index (χ4n) is 1.42. The van der Waals surface area contributed by atoms with Gasteiger partial charge < -0.3 is 4.74 Å². The molecule has 0 unspecified atom stereocenters. The molecule has 1 heterocycles. The van der Waals surface area contributed by atoms with E-state index >= 15 is 0 Å². The van der Waals surface area contributed by atoms with Crippen LogP contribution < -0.4 is 4.74 Å². The highest BCUT2D eigenvalue weighted by Gasteiger charge is 2.00. The second kappa shape index (κ2) is 5.12. The Morgan fingerprint density at radius 3 is 2.56 bits per heavy atom. The van der Waals surface area contributed by atoms with Gasteiger partial charge in [-0.3, -0.25) is 4.98 Å². The quantitative estimate of drug-likeness (QED) is 0.800. The van der Waals surface area contributed by atoms with Crippen molar-refractivity contribution in [3.63, 3.8) is 0 Å². The fourth-order valence-corrected chi connectivity index (χ4v) is 1.92. The van der Waals surface area contributed by atoms with Crippen LogP contribution in [0, 0.1) is 0 Å². The molecule has 0 aliphatic rings. The second-order valence-electron chi connectivity index (χ2n) is 3.98. The van der Waals surface area contributed by atoms with Crippen molar-refractivity contribution in [2.24, 2.45) is 0 Å². The van der Waals surface area contributed by atoms with E-state index in [9.17, 15) is 0 Å². The molecule has 0 aliphatic heterocycles. The molecule has 3 heteroatoms. The Bertz CT molecular complexity index is 420. The predicted molar refractivity (Wildman–Crippen MR) is 67.0 cm³/mol. The molecule has 0 radical (unpaired) electrons. The fraction of sp³-hybridized carbons (Fsp3) is 0.308. The molecule has 84 valence electrons. The normalized spacial score (nSPS) is 10.7. The van der Waals surface area contributed by atoms with Crippen molar-refractivity contribution < 1.29 is 4.74 Å².